The van der Waals surface area contributed by atoms with Gasteiger partial charge in [0.05, 0.1) is 36.2 Å². The van der Waals surface area contributed by atoms with Crippen molar-refractivity contribution in [2.24, 2.45) is 0 Å². The molecule has 2 aromatic rings. The van der Waals surface area contributed by atoms with Gasteiger partial charge in [-0.3, -0.25) is 19.3 Å². The number of carbonyl (C=O) groups is 4. The van der Waals surface area contributed by atoms with Crippen LogP contribution in [0.4, 0.5) is 5.69 Å². The third kappa shape index (κ3) is 4.58. The van der Waals surface area contributed by atoms with Gasteiger partial charge in [-0.15, -0.1) is 0 Å². The molecule has 0 saturated carbocycles. The molecule has 0 unspecified atom stereocenters. The minimum atomic E-state index is -1.39. The van der Waals surface area contributed by atoms with Crippen LogP contribution in [0.25, 0.3) is 0 Å². The smallest absolute Gasteiger partial charge is 0.329 e. The maximum Gasteiger partial charge on any atom is 0.329 e. The molecule has 7 nitrogen and oxygen atoms in total. The monoisotopic (exact) mass is 600 g/mol. The van der Waals surface area contributed by atoms with E-state index in [0.29, 0.717) is 20.1 Å². The molecule has 13 heteroatoms. The highest BCUT2D eigenvalue weighted by Gasteiger charge is 2.45. The van der Waals surface area contributed by atoms with Gasteiger partial charge >= 0.3 is 5.97 Å². The minimum absolute atomic E-state index is 0.194. The highest BCUT2D eigenvalue weighted by atomic mass is 79.9. The van der Waals surface area contributed by atoms with Crippen LogP contribution in [0, 0.1) is 0 Å². The number of nitrogens with zero attached hydrogens (tertiary/aromatic N) is 1. The first-order valence-corrected chi connectivity index (χ1v) is 11.3. The van der Waals surface area contributed by atoms with E-state index in [1.165, 1.54) is 13.0 Å². The lowest BCUT2D eigenvalue weighted by atomic mass is 10.1. The lowest BCUT2D eigenvalue weighted by Crippen LogP contribution is -2.44. The van der Waals surface area contributed by atoms with Gasteiger partial charge in [-0.2, -0.15) is 0 Å². The predicted octanol–water partition coefficient (Wildman–Crippen LogP) is 5.88. The van der Waals surface area contributed by atoms with Crippen molar-refractivity contribution in [3.8, 4) is 0 Å². The molecule has 0 aromatic heterocycles. The summed E-state index contributed by atoms with van der Waals surface area (Å²) in [5.41, 5.74) is -0.146. The lowest BCUT2D eigenvalue weighted by molar-refractivity contribution is -0.150. The molecule has 3 amide bonds. The van der Waals surface area contributed by atoms with Crippen LogP contribution in [0.1, 0.15) is 27.6 Å². The molecule has 3 rings (SSSR count). The molecule has 32 heavy (non-hydrogen) atoms. The van der Waals surface area contributed by atoms with Crippen LogP contribution in [0.5, 0.6) is 0 Å². The van der Waals surface area contributed by atoms with Crippen LogP contribution in [0.15, 0.2) is 22.7 Å². The molecular weight excluding hydrogens is 593 g/mol. The third-order valence-corrected chi connectivity index (χ3v) is 7.44. The molecule has 1 atom stereocenters. The summed E-state index contributed by atoms with van der Waals surface area (Å²) in [5, 5.41) is 1.96. The fourth-order valence-electron chi connectivity index (χ4n) is 2.85. The van der Waals surface area contributed by atoms with Crippen molar-refractivity contribution in [2.45, 2.75) is 13.0 Å². The van der Waals surface area contributed by atoms with Crippen LogP contribution in [0.2, 0.25) is 25.1 Å². The average Bonchev–Trinajstić information content (AvgIpc) is 3.01. The zero-order valence-corrected chi connectivity index (χ0v) is 21.1. The Morgan fingerprint density at radius 1 is 1.00 bits per heavy atom. The van der Waals surface area contributed by atoms with Crippen molar-refractivity contribution in [1.29, 1.82) is 0 Å². The third-order valence-electron chi connectivity index (χ3n) is 4.41. The summed E-state index contributed by atoms with van der Waals surface area (Å²) in [6.07, 6.45) is 0. The number of hydrogen-bond acceptors (Lipinski definition) is 5. The first-order chi connectivity index (χ1) is 15.0. The molecular formula is C19H10BrCl5N2O5. The Morgan fingerprint density at radius 3 is 2.03 bits per heavy atom. The molecule has 0 bridgehead atoms. The van der Waals surface area contributed by atoms with Crippen LogP contribution in [-0.4, -0.2) is 41.2 Å². The predicted molar refractivity (Wildman–Crippen MR) is 125 cm³/mol. The van der Waals surface area contributed by atoms with Crippen LogP contribution < -0.4 is 5.32 Å². The number of rotatable bonds is 5. The summed E-state index contributed by atoms with van der Waals surface area (Å²) < 4.78 is 5.59. The molecule has 0 saturated heterocycles. The molecule has 0 radical (unpaired) electrons. The largest absolute Gasteiger partial charge is 0.454 e. The van der Waals surface area contributed by atoms with E-state index < -0.39 is 36.3 Å². The van der Waals surface area contributed by atoms with Gasteiger partial charge in [-0.05, 0) is 41.1 Å². The Kier molecular flexibility index (Phi) is 7.64. The Balaban J connectivity index is 1.70. The van der Waals surface area contributed by atoms with Gasteiger partial charge in [0.15, 0.2) is 6.61 Å². The van der Waals surface area contributed by atoms with Crippen molar-refractivity contribution in [1.82, 2.24) is 4.90 Å². The number of benzene rings is 2. The van der Waals surface area contributed by atoms with Gasteiger partial charge in [0.1, 0.15) is 6.04 Å². The second-order valence-corrected chi connectivity index (χ2v) is 9.22. The van der Waals surface area contributed by atoms with E-state index in [1.807, 2.05) is 0 Å². The maximum absolute atomic E-state index is 12.8. The summed E-state index contributed by atoms with van der Waals surface area (Å²) in [4.78, 5) is 50.7. The maximum atomic E-state index is 12.8. The summed E-state index contributed by atoms with van der Waals surface area (Å²) in [7, 11) is 0. The van der Waals surface area contributed by atoms with E-state index in [0.717, 1.165) is 0 Å². The number of anilines is 1. The van der Waals surface area contributed by atoms with Crippen molar-refractivity contribution < 1.29 is 23.9 Å². The summed E-state index contributed by atoms with van der Waals surface area (Å²) in [5.74, 6) is -3.45. The van der Waals surface area contributed by atoms with Gasteiger partial charge < -0.3 is 10.1 Å². The molecule has 0 aliphatic carbocycles. The van der Waals surface area contributed by atoms with E-state index in [9.17, 15) is 19.2 Å². The summed E-state index contributed by atoms with van der Waals surface area (Å²) in [6, 6.07) is 3.32. The molecule has 1 aliphatic rings. The quantitative estimate of drug-likeness (QED) is 0.200. The van der Waals surface area contributed by atoms with Crippen LogP contribution in [-0.2, 0) is 14.3 Å². The number of amides is 3. The van der Waals surface area contributed by atoms with Crippen molar-refractivity contribution >= 4 is 103 Å². The lowest BCUT2D eigenvalue weighted by Gasteiger charge is -2.20. The highest BCUT2D eigenvalue weighted by Crippen LogP contribution is 2.45. The van der Waals surface area contributed by atoms with E-state index in [1.54, 1.807) is 12.1 Å². The second-order valence-electron chi connectivity index (χ2n) is 6.45. The number of imide groups is 1. The van der Waals surface area contributed by atoms with Gasteiger partial charge in [0, 0.05) is 10.2 Å². The van der Waals surface area contributed by atoms with Crippen LogP contribution in [0.3, 0.4) is 0 Å². The topological polar surface area (TPSA) is 92.8 Å². The Bertz CT molecular complexity index is 1140. The van der Waals surface area contributed by atoms with Crippen molar-refractivity contribution in [3.63, 3.8) is 0 Å². The molecule has 0 spiro atoms. The molecule has 1 heterocycles. The zero-order valence-electron chi connectivity index (χ0n) is 15.8. The molecule has 1 aliphatic heterocycles. The van der Waals surface area contributed by atoms with Gasteiger partial charge in [0.25, 0.3) is 17.7 Å². The fraction of sp³-hybridized carbons (Fsp3) is 0.158. The summed E-state index contributed by atoms with van der Waals surface area (Å²) >= 11 is 33.2. The normalized spacial score (nSPS) is 13.8. The zero-order chi connectivity index (χ0) is 23.9. The number of carbonyl (C=O) groups excluding carboxylic acids is 4. The number of hydrogen-bond donors (Lipinski definition) is 1. The Hall–Kier alpha value is -1.55. The number of nitrogens with one attached hydrogen (secondary N) is 1. The van der Waals surface area contributed by atoms with E-state index in [-0.39, 0.29) is 31.2 Å². The van der Waals surface area contributed by atoms with Gasteiger partial charge in [-0.1, -0.05) is 58.0 Å². The van der Waals surface area contributed by atoms with Crippen molar-refractivity contribution in [3.05, 3.63) is 58.9 Å². The highest BCUT2D eigenvalue weighted by molar-refractivity contribution is 9.10. The summed E-state index contributed by atoms with van der Waals surface area (Å²) in [6.45, 7) is 0.584. The SMILES string of the molecule is C[C@H](C(=O)OCC(=O)Nc1ccc(Br)c(Cl)c1)N1C(=O)c2c(Cl)c(Cl)c(Cl)c(Cl)c2C1=O. The molecule has 0 fully saturated rings. The first kappa shape index (κ1) is 25.1. The fourth-order valence-corrected chi connectivity index (χ4v) is 4.29. The average molecular weight is 603 g/mol. The minimum Gasteiger partial charge on any atom is -0.454 e. The van der Waals surface area contributed by atoms with E-state index in [4.69, 9.17) is 62.7 Å². The standard InChI is InChI=1S/C19H10BrCl5N2O5/c1-6(19(31)32-5-10(28)26-7-2-3-8(20)9(21)4-7)27-17(29)11-12(18(27)30)14(23)16(25)15(24)13(11)22/h2-4,6H,5H2,1H3,(H,26,28)/t6-/m1/s1. The second kappa shape index (κ2) is 9.75. The Morgan fingerprint density at radius 2 is 1.53 bits per heavy atom. The number of ether oxygens (including phenoxy) is 1. The van der Waals surface area contributed by atoms with Crippen LogP contribution >= 0.6 is 73.9 Å². The van der Waals surface area contributed by atoms with E-state index >= 15 is 0 Å². The van der Waals surface area contributed by atoms with Crippen molar-refractivity contribution in [2.75, 3.05) is 11.9 Å². The molecule has 168 valence electrons. The number of esters is 1. The molecule has 1 N–H and O–H groups in total. The van der Waals surface area contributed by atoms with Gasteiger partial charge in [0.2, 0.25) is 0 Å². The van der Waals surface area contributed by atoms with E-state index in [2.05, 4.69) is 21.2 Å². The van der Waals surface area contributed by atoms with Gasteiger partial charge in [-0.25, -0.2) is 4.79 Å². The number of fused-ring (bicyclic) bond motifs is 1. The number of halogens is 6. The molecule has 2 aromatic carbocycles. The first-order valence-electron chi connectivity index (χ1n) is 8.61. The Labute approximate surface area is 214 Å².